The third-order valence-electron chi connectivity index (χ3n) is 6.19. The van der Waals surface area contributed by atoms with Crippen LogP contribution in [-0.2, 0) is 14.4 Å². The largest absolute Gasteiger partial charge is 0.360 e. The fourth-order valence-electron chi connectivity index (χ4n) is 4.29. The van der Waals surface area contributed by atoms with Crippen LogP contribution >= 0.6 is 0 Å². The maximum atomic E-state index is 14.9. The molecule has 0 aliphatic heterocycles. The zero-order valence-electron chi connectivity index (χ0n) is 20.7. The molecule has 0 radical (unpaired) electrons. The second kappa shape index (κ2) is 12.5. The number of anilines is 1. The van der Waals surface area contributed by atoms with Crippen molar-refractivity contribution in [1.29, 1.82) is 0 Å². The molecule has 1 saturated carbocycles. The Bertz CT molecular complexity index is 1020. The van der Waals surface area contributed by atoms with Gasteiger partial charge < -0.3 is 20.1 Å². The molecule has 1 aromatic carbocycles. The highest BCUT2D eigenvalue weighted by Gasteiger charge is 2.34. The zero-order valence-corrected chi connectivity index (χ0v) is 20.7. The van der Waals surface area contributed by atoms with E-state index in [1.165, 1.54) is 11.0 Å². The lowest BCUT2D eigenvalue weighted by Crippen LogP contribution is -2.47. The van der Waals surface area contributed by atoms with Gasteiger partial charge in [0.1, 0.15) is 17.6 Å². The Labute approximate surface area is 205 Å². The summed E-state index contributed by atoms with van der Waals surface area (Å²) >= 11 is 0. The van der Waals surface area contributed by atoms with Gasteiger partial charge in [0, 0.05) is 37.1 Å². The topological polar surface area (TPSA) is 105 Å². The highest BCUT2D eigenvalue weighted by molar-refractivity contribution is 5.94. The molecule has 0 bridgehead atoms. The molecule has 1 aliphatic rings. The Balaban J connectivity index is 1.79. The van der Waals surface area contributed by atoms with Crippen molar-refractivity contribution in [2.24, 2.45) is 5.92 Å². The summed E-state index contributed by atoms with van der Waals surface area (Å²) in [6.45, 7) is 6.02. The van der Waals surface area contributed by atoms with E-state index in [1.54, 1.807) is 31.2 Å². The van der Waals surface area contributed by atoms with E-state index in [9.17, 15) is 18.8 Å². The molecular weight excluding hydrogens is 451 g/mol. The number of aromatic nitrogens is 1. The van der Waals surface area contributed by atoms with E-state index in [4.69, 9.17) is 4.52 Å². The SMILES string of the molecule is Cc1cc(NC(=O)CCC(=O)N(CCC(C)C)[C@@H](C(=O)NC2CCCC2)c2ccccc2F)no1. The molecule has 0 saturated heterocycles. The fourth-order valence-corrected chi connectivity index (χ4v) is 4.29. The Morgan fingerprint density at radius 2 is 1.89 bits per heavy atom. The normalized spacial score (nSPS) is 14.7. The third kappa shape index (κ3) is 7.63. The van der Waals surface area contributed by atoms with Gasteiger partial charge in [0.2, 0.25) is 17.7 Å². The smallest absolute Gasteiger partial charge is 0.247 e. The van der Waals surface area contributed by atoms with Gasteiger partial charge in [-0.3, -0.25) is 14.4 Å². The molecule has 1 heterocycles. The highest BCUT2D eigenvalue weighted by atomic mass is 19.1. The van der Waals surface area contributed by atoms with Crippen molar-refractivity contribution in [2.75, 3.05) is 11.9 Å². The molecule has 1 aromatic heterocycles. The number of aryl methyl sites for hydroxylation is 1. The van der Waals surface area contributed by atoms with Gasteiger partial charge in [-0.25, -0.2) is 4.39 Å². The summed E-state index contributed by atoms with van der Waals surface area (Å²) in [5.41, 5.74) is 0.155. The lowest BCUT2D eigenvalue weighted by atomic mass is 10.0. The van der Waals surface area contributed by atoms with E-state index in [0.29, 0.717) is 12.2 Å². The van der Waals surface area contributed by atoms with Gasteiger partial charge in [0.05, 0.1) is 0 Å². The molecule has 1 aliphatic carbocycles. The van der Waals surface area contributed by atoms with Crippen LogP contribution < -0.4 is 10.6 Å². The first-order valence-corrected chi connectivity index (χ1v) is 12.3. The summed E-state index contributed by atoms with van der Waals surface area (Å²) in [6, 6.07) is 6.55. The van der Waals surface area contributed by atoms with Crippen LogP contribution in [0.3, 0.4) is 0 Å². The standard InChI is InChI=1S/C26H35FN4O4/c1-17(2)14-15-31(24(33)13-12-23(32)29-22-16-18(3)35-30-22)25(20-10-6-7-11-21(20)27)26(34)28-19-8-4-5-9-19/h6-7,10-11,16-17,19,25H,4-5,8-9,12-15H2,1-3H3,(H,28,34)(H,29,30,32)/t25-/m1/s1. The van der Waals surface area contributed by atoms with E-state index < -0.39 is 17.8 Å². The average molecular weight is 487 g/mol. The van der Waals surface area contributed by atoms with Gasteiger partial charge in [-0.1, -0.05) is 50.0 Å². The van der Waals surface area contributed by atoms with E-state index in [0.717, 1.165) is 25.7 Å². The number of carbonyl (C=O) groups is 3. The predicted molar refractivity (Wildman–Crippen MR) is 130 cm³/mol. The summed E-state index contributed by atoms with van der Waals surface area (Å²) in [5, 5.41) is 9.34. The van der Waals surface area contributed by atoms with Gasteiger partial charge in [-0.15, -0.1) is 0 Å². The molecule has 9 heteroatoms. The number of nitrogens with zero attached hydrogens (tertiary/aromatic N) is 2. The van der Waals surface area contributed by atoms with Crippen molar-refractivity contribution in [2.45, 2.75) is 77.8 Å². The van der Waals surface area contributed by atoms with Crippen LogP contribution in [0.25, 0.3) is 0 Å². The first-order valence-electron chi connectivity index (χ1n) is 12.3. The second-order valence-corrected chi connectivity index (χ2v) is 9.55. The second-order valence-electron chi connectivity index (χ2n) is 9.55. The van der Waals surface area contributed by atoms with Gasteiger partial charge in [0.25, 0.3) is 0 Å². The van der Waals surface area contributed by atoms with E-state index in [-0.39, 0.29) is 54.5 Å². The number of amides is 3. The lowest BCUT2D eigenvalue weighted by Gasteiger charge is -2.33. The quantitative estimate of drug-likeness (QED) is 0.486. The fraction of sp³-hybridized carbons (Fsp3) is 0.538. The minimum atomic E-state index is -1.11. The number of halogens is 1. The molecule has 2 N–H and O–H groups in total. The Morgan fingerprint density at radius 3 is 2.51 bits per heavy atom. The summed E-state index contributed by atoms with van der Waals surface area (Å²) in [6.07, 6.45) is 4.23. The minimum absolute atomic E-state index is 0.0236. The molecule has 190 valence electrons. The van der Waals surface area contributed by atoms with Crippen LogP contribution in [0.2, 0.25) is 0 Å². The molecule has 3 rings (SSSR count). The number of hydrogen-bond acceptors (Lipinski definition) is 5. The lowest BCUT2D eigenvalue weighted by molar-refractivity contribution is -0.142. The Hall–Kier alpha value is -3.23. The highest BCUT2D eigenvalue weighted by Crippen LogP contribution is 2.27. The van der Waals surface area contributed by atoms with Crippen LogP contribution in [0.4, 0.5) is 10.2 Å². The van der Waals surface area contributed by atoms with Crippen molar-refractivity contribution in [1.82, 2.24) is 15.4 Å². The summed E-state index contributed by atoms with van der Waals surface area (Å²) in [5.74, 6) is -0.611. The van der Waals surface area contributed by atoms with Crippen molar-refractivity contribution in [3.05, 3.63) is 47.5 Å². The van der Waals surface area contributed by atoms with Crippen molar-refractivity contribution in [3.8, 4) is 0 Å². The van der Waals surface area contributed by atoms with Crippen molar-refractivity contribution in [3.63, 3.8) is 0 Å². The number of hydrogen-bond donors (Lipinski definition) is 2. The van der Waals surface area contributed by atoms with Gasteiger partial charge in [-0.05, 0) is 38.2 Å². The van der Waals surface area contributed by atoms with E-state index in [1.807, 2.05) is 13.8 Å². The molecular formula is C26H35FN4O4. The zero-order chi connectivity index (χ0) is 25.4. The number of benzene rings is 1. The summed E-state index contributed by atoms with van der Waals surface area (Å²) < 4.78 is 19.8. The first-order chi connectivity index (χ1) is 16.7. The number of carbonyl (C=O) groups excluding carboxylic acids is 3. The molecule has 8 nitrogen and oxygen atoms in total. The number of nitrogens with one attached hydrogen (secondary N) is 2. The van der Waals surface area contributed by atoms with Crippen LogP contribution in [0.1, 0.15) is 76.2 Å². The summed E-state index contributed by atoms with van der Waals surface area (Å²) in [7, 11) is 0. The molecule has 1 fully saturated rings. The Morgan fingerprint density at radius 1 is 1.17 bits per heavy atom. The molecule has 2 aromatic rings. The average Bonchev–Trinajstić information content (AvgIpc) is 3.47. The van der Waals surface area contributed by atoms with Crippen LogP contribution in [0, 0.1) is 18.7 Å². The number of rotatable bonds is 11. The van der Waals surface area contributed by atoms with E-state index >= 15 is 0 Å². The molecule has 35 heavy (non-hydrogen) atoms. The predicted octanol–water partition coefficient (Wildman–Crippen LogP) is 4.52. The monoisotopic (exact) mass is 486 g/mol. The van der Waals surface area contributed by atoms with Gasteiger partial charge in [0.15, 0.2) is 5.82 Å². The van der Waals surface area contributed by atoms with Gasteiger partial charge in [-0.2, -0.15) is 0 Å². The van der Waals surface area contributed by atoms with Crippen LogP contribution in [0.5, 0.6) is 0 Å². The Kier molecular flexibility index (Phi) is 9.39. The maximum Gasteiger partial charge on any atom is 0.247 e. The van der Waals surface area contributed by atoms with Gasteiger partial charge >= 0.3 is 0 Å². The van der Waals surface area contributed by atoms with E-state index in [2.05, 4.69) is 15.8 Å². The molecule has 0 spiro atoms. The summed E-state index contributed by atoms with van der Waals surface area (Å²) in [4.78, 5) is 40.6. The minimum Gasteiger partial charge on any atom is -0.360 e. The first kappa shape index (κ1) is 26.4. The van der Waals surface area contributed by atoms with Crippen LogP contribution in [-0.4, -0.2) is 40.4 Å². The van der Waals surface area contributed by atoms with Crippen molar-refractivity contribution < 1.29 is 23.3 Å². The molecule has 3 amide bonds. The van der Waals surface area contributed by atoms with Crippen molar-refractivity contribution >= 4 is 23.5 Å². The van der Waals surface area contributed by atoms with Crippen LogP contribution in [0.15, 0.2) is 34.9 Å². The molecule has 1 atom stereocenters. The third-order valence-corrected chi connectivity index (χ3v) is 6.19. The molecule has 0 unspecified atom stereocenters. The maximum absolute atomic E-state index is 14.9.